The van der Waals surface area contributed by atoms with Gasteiger partial charge in [0.1, 0.15) is 0 Å². The maximum Gasteiger partial charge on any atom is 0.281 e. The molecule has 0 saturated carbocycles. The molecule has 3 fully saturated rings. The molecule has 3 aliphatic heterocycles. The lowest BCUT2D eigenvalue weighted by molar-refractivity contribution is 0.385. The van der Waals surface area contributed by atoms with Crippen LogP contribution in [0.3, 0.4) is 0 Å². The molecule has 8 heteroatoms. The molecule has 0 N–H and O–H groups in total. The van der Waals surface area contributed by atoms with Crippen molar-refractivity contribution in [3.05, 3.63) is 24.3 Å². The van der Waals surface area contributed by atoms with E-state index >= 15 is 0 Å². The fourth-order valence-corrected chi connectivity index (χ4v) is 6.95. The van der Waals surface area contributed by atoms with Crippen LogP contribution in [0.2, 0.25) is 0 Å². The number of hydrogen-bond acceptors (Lipinski definition) is 4. The first kappa shape index (κ1) is 18.4. The summed E-state index contributed by atoms with van der Waals surface area (Å²) in [5.74, 6) is 1.80. The van der Waals surface area contributed by atoms with Gasteiger partial charge in [-0.25, -0.2) is 4.98 Å². The second-order valence-electron chi connectivity index (χ2n) is 8.72. The quantitative estimate of drug-likeness (QED) is 0.786. The van der Waals surface area contributed by atoms with Crippen LogP contribution in [0.5, 0.6) is 0 Å². The van der Waals surface area contributed by atoms with E-state index in [1.807, 2.05) is 6.07 Å². The molecule has 4 heterocycles. The second-order valence-corrected chi connectivity index (χ2v) is 10.6. The summed E-state index contributed by atoms with van der Waals surface area (Å²) in [5, 5.41) is 0. The van der Waals surface area contributed by atoms with Gasteiger partial charge in [-0.05, 0) is 50.7 Å². The number of aromatic nitrogens is 2. The van der Waals surface area contributed by atoms with Crippen molar-refractivity contribution < 1.29 is 8.42 Å². The molecule has 0 amide bonds. The number of benzene rings is 1. The van der Waals surface area contributed by atoms with Gasteiger partial charge in [0.2, 0.25) is 5.95 Å². The number of nitrogens with zero attached hydrogens (tertiary/aromatic N) is 5. The smallest absolute Gasteiger partial charge is 0.281 e. The Labute approximate surface area is 167 Å². The van der Waals surface area contributed by atoms with Crippen molar-refractivity contribution in [3.8, 4) is 0 Å². The largest absolute Gasteiger partial charge is 0.342 e. The van der Waals surface area contributed by atoms with Crippen molar-refractivity contribution in [1.82, 2.24) is 18.2 Å². The number of hydrogen-bond donors (Lipinski definition) is 0. The molecule has 3 saturated heterocycles. The Balaban J connectivity index is 1.36. The SMILES string of the molecule is CC(C)n1c(N2CC3CN(S(=O)(=O)N4CCCC4)CC3C2)nc2ccccc21. The maximum atomic E-state index is 12.9. The second kappa shape index (κ2) is 6.71. The van der Waals surface area contributed by atoms with E-state index in [0.29, 0.717) is 44.1 Å². The average Bonchev–Trinajstić information content (AvgIpc) is 3.41. The Morgan fingerprint density at radius 1 is 0.964 bits per heavy atom. The van der Waals surface area contributed by atoms with Crippen LogP contribution in [-0.2, 0) is 10.2 Å². The van der Waals surface area contributed by atoms with E-state index in [1.165, 1.54) is 5.52 Å². The average molecular weight is 404 g/mol. The summed E-state index contributed by atoms with van der Waals surface area (Å²) in [7, 11) is -3.28. The summed E-state index contributed by atoms with van der Waals surface area (Å²) in [6, 6.07) is 8.62. The molecule has 5 rings (SSSR count). The maximum absolute atomic E-state index is 12.9. The molecule has 0 spiro atoms. The zero-order chi connectivity index (χ0) is 19.5. The Morgan fingerprint density at radius 2 is 1.61 bits per heavy atom. The van der Waals surface area contributed by atoms with E-state index in [9.17, 15) is 8.42 Å². The monoisotopic (exact) mass is 403 g/mol. The fourth-order valence-electron chi connectivity index (χ4n) is 5.15. The third-order valence-electron chi connectivity index (χ3n) is 6.55. The predicted molar refractivity (Wildman–Crippen MR) is 111 cm³/mol. The summed E-state index contributed by atoms with van der Waals surface area (Å²) < 4.78 is 31.5. The van der Waals surface area contributed by atoms with E-state index in [1.54, 1.807) is 8.61 Å². The summed E-state index contributed by atoms with van der Waals surface area (Å²) in [4.78, 5) is 7.29. The molecule has 2 unspecified atom stereocenters. The summed E-state index contributed by atoms with van der Waals surface area (Å²) in [6.07, 6.45) is 1.97. The Morgan fingerprint density at radius 3 is 2.25 bits per heavy atom. The third-order valence-corrected chi connectivity index (χ3v) is 8.52. The first-order valence-electron chi connectivity index (χ1n) is 10.4. The van der Waals surface area contributed by atoms with E-state index in [2.05, 4.69) is 41.5 Å². The van der Waals surface area contributed by atoms with Gasteiger partial charge in [-0.1, -0.05) is 12.1 Å². The molecule has 2 atom stereocenters. The van der Waals surface area contributed by atoms with Crippen LogP contribution in [-0.4, -0.2) is 65.8 Å². The highest BCUT2D eigenvalue weighted by Gasteiger charge is 2.46. The van der Waals surface area contributed by atoms with Crippen LogP contribution >= 0.6 is 0 Å². The molecule has 0 radical (unpaired) electrons. The van der Waals surface area contributed by atoms with Crippen molar-refractivity contribution in [1.29, 1.82) is 0 Å². The number of rotatable bonds is 4. The van der Waals surface area contributed by atoms with E-state index in [0.717, 1.165) is 37.4 Å². The number of anilines is 1. The van der Waals surface area contributed by atoms with Crippen LogP contribution in [0.25, 0.3) is 11.0 Å². The minimum absolute atomic E-state index is 0.329. The fraction of sp³-hybridized carbons (Fsp3) is 0.650. The minimum Gasteiger partial charge on any atom is -0.342 e. The van der Waals surface area contributed by atoms with Gasteiger partial charge in [0.15, 0.2) is 0 Å². The zero-order valence-corrected chi connectivity index (χ0v) is 17.5. The first-order valence-corrected chi connectivity index (χ1v) is 11.8. The molecule has 0 bridgehead atoms. The first-order chi connectivity index (χ1) is 13.4. The van der Waals surface area contributed by atoms with Crippen LogP contribution in [0.1, 0.15) is 32.7 Å². The lowest BCUT2D eigenvalue weighted by atomic mass is 10.0. The Kier molecular flexibility index (Phi) is 4.41. The Hall–Kier alpha value is -1.64. The molecule has 2 aromatic rings. The van der Waals surface area contributed by atoms with Crippen LogP contribution in [0.15, 0.2) is 24.3 Å². The lowest BCUT2D eigenvalue weighted by Gasteiger charge is -2.26. The Bertz CT molecular complexity index is 966. The lowest BCUT2D eigenvalue weighted by Crippen LogP contribution is -2.42. The van der Waals surface area contributed by atoms with E-state index < -0.39 is 10.2 Å². The normalized spacial score (nSPS) is 26.8. The van der Waals surface area contributed by atoms with Crippen LogP contribution in [0.4, 0.5) is 5.95 Å². The van der Waals surface area contributed by atoms with Gasteiger partial charge in [-0.2, -0.15) is 17.0 Å². The number of fused-ring (bicyclic) bond motifs is 2. The summed E-state index contributed by atoms with van der Waals surface area (Å²) in [6.45, 7) is 8.79. The van der Waals surface area contributed by atoms with Crippen molar-refractivity contribution in [3.63, 3.8) is 0 Å². The molecule has 1 aromatic carbocycles. The van der Waals surface area contributed by atoms with Gasteiger partial charge in [0.05, 0.1) is 11.0 Å². The number of para-hydroxylation sites is 2. The molecular weight excluding hydrogens is 374 g/mol. The summed E-state index contributed by atoms with van der Waals surface area (Å²) >= 11 is 0. The topological polar surface area (TPSA) is 61.7 Å². The van der Waals surface area contributed by atoms with Gasteiger partial charge < -0.3 is 9.47 Å². The zero-order valence-electron chi connectivity index (χ0n) is 16.7. The van der Waals surface area contributed by atoms with Crippen molar-refractivity contribution in [2.75, 3.05) is 44.2 Å². The van der Waals surface area contributed by atoms with E-state index in [4.69, 9.17) is 4.98 Å². The van der Waals surface area contributed by atoms with Crippen molar-refractivity contribution in [2.24, 2.45) is 11.8 Å². The highest BCUT2D eigenvalue weighted by Crippen LogP contribution is 2.37. The number of imidazole rings is 1. The van der Waals surface area contributed by atoms with Crippen LogP contribution in [0, 0.1) is 11.8 Å². The highest BCUT2D eigenvalue weighted by atomic mass is 32.2. The van der Waals surface area contributed by atoms with E-state index in [-0.39, 0.29) is 0 Å². The molecule has 152 valence electrons. The van der Waals surface area contributed by atoms with Crippen molar-refractivity contribution in [2.45, 2.75) is 32.7 Å². The molecule has 28 heavy (non-hydrogen) atoms. The molecule has 0 aliphatic carbocycles. The molecule has 1 aromatic heterocycles. The molecular formula is C20H29N5O2S. The highest BCUT2D eigenvalue weighted by molar-refractivity contribution is 7.86. The summed E-state index contributed by atoms with van der Waals surface area (Å²) in [5.41, 5.74) is 2.20. The minimum atomic E-state index is -3.28. The molecule has 7 nitrogen and oxygen atoms in total. The predicted octanol–water partition coefficient (Wildman–Crippen LogP) is 2.33. The van der Waals surface area contributed by atoms with Crippen molar-refractivity contribution >= 4 is 27.2 Å². The van der Waals surface area contributed by atoms with Gasteiger partial charge in [0.25, 0.3) is 10.2 Å². The molecule has 3 aliphatic rings. The van der Waals surface area contributed by atoms with Gasteiger partial charge in [-0.3, -0.25) is 0 Å². The van der Waals surface area contributed by atoms with Crippen LogP contribution < -0.4 is 4.90 Å². The third kappa shape index (κ3) is 2.84. The standard InChI is InChI=1S/C20H29N5O2S/c1-15(2)25-19-8-4-3-7-18(19)21-20(25)22-11-16-13-24(14-17(16)12-22)28(26,27)23-9-5-6-10-23/h3-4,7-8,15-17H,5-6,9-14H2,1-2H3. The van der Waals surface area contributed by atoms with Gasteiger partial charge >= 0.3 is 0 Å². The van der Waals surface area contributed by atoms with Gasteiger partial charge in [0, 0.05) is 45.3 Å². The van der Waals surface area contributed by atoms with Gasteiger partial charge in [-0.15, -0.1) is 0 Å².